The van der Waals surface area contributed by atoms with Crippen LogP contribution in [-0.4, -0.2) is 26.6 Å². The molecule has 8 heteroatoms. The van der Waals surface area contributed by atoms with Gasteiger partial charge >= 0.3 is 5.17 Å². The van der Waals surface area contributed by atoms with E-state index in [9.17, 15) is 20.1 Å². The minimum absolute atomic E-state index is 0.106. The minimum atomic E-state index is -1.40. The Morgan fingerprint density at radius 2 is 2.00 bits per heavy atom. The predicted octanol–water partition coefficient (Wildman–Crippen LogP) is 2.94. The van der Waals surface area contributed by atoms with Crippen molar-refractivity contribution in [1.82, 2.24) is 5.32 Å². The number of hydrogen-bond acceptors (Lipinski definition) is 5. The van der Waals surface area contributed by atoms with Gasteiger partial charge in [-0.1, -0.05) is 30.3 Å². The third-order valence-electron chi connectivity index (χ3n) is 3.81. The Bertz CT molecular complexity index is 934. The summed E-state index contributed by atoms with van der Waals surface area (Å²) in [6, 6.07) is 12.6. The third-order valence-corrected chi connectivity index (χ3v) is 5.50. The van der Waals surface area contributed by atoms with Crippen molar-refractivity contribution in [3.8, 4) is 0 Å². The van der Waals surface area contributed by atoms with Crippen molar-refractivity contribution in [1.29, 1.82) is 0 Å². The van der Waals surface area contributed by atoms with E-state index in [0.717, 1.165) is 5.56 Å². The van der Waals surface area contributed by atoms with Gasteiger partial charge in [-0.3, -0.25) is 15.4 Å². The summed E-state index contributed by atoms with van der Waals surface area (Å²) >= 11 is 0. The molecule has 3 rings (SSSR count). The molecular formula is C17H15N3O4S. The van der Waals surface area contributed by atoms with Crippen molar-refractivity contribution in [3.63, 3.8) is 0 Å². The lowest BCUT2D eigenvalue weighted by atomic mass is 10.1. The first-order valence-electron chi connectivity index (χ1n) is 7.56. The van der Waals surface area contributed by atoms with E-state index in [1.54, 1.807) is 18.2 Å². The summed E-state index contributed by atoms with van der Waals surface area (Å²) in [4.78, 5) is 22.3. The van der Waals surface area contributed by atoms with E-state index < -0.39 is 15.4 Å². The van der Waals surface area contributed by atoms with Crippen LogP contribution < -0.4 is 5.32 Å². The molecule has 0 amide bonds. The lowest BCUT2D eigenvalue weighted by molar-refractivity contribution is -0.391. The first-order chi connectivity index (χ1) is 12.0. The zero-order valence-corrected chi connectivity index (χ0v) is 14.2. The van der Waals surface area contributed by atoms with E-state index in [1.165, 1.54) is 6.07 Å². The quantitative estimate of drug-likeness (QED) is 0.298. The Morgan fingerprint density at radius 1 is 1.28 bits per heavy atom. The summed E-state index contributed by atoms with van der Waals surface area (Å²) in [5.41, 5.74) is 1.59. The summed E-state index contributed by atoms with van der Waals surface area (Å²) in [6.45, 7) is 2.11. The number of rotatable bonds is 4. The molecule has 0 aromatic heterocycles. The number of hydrogen-bond donors (Lipinski definition) is 1. The van der Waals surface area contributed by atoms with Gasteiger partial charge in [0.25, 0.3) is 5.69 Å². The Morgan fingerprint density at radius 3 is 2.64 bits per heavy atom. The summed E-state index contributed by atoms with van der Waals surface area (Å²) in [5.74, 6) is 0. The summed E-state index contributed by atoms with van der Waals surface area (Å²) in [7, 11) is -1.40. The number of fused-ring (bicyclic) bond motifs is 1. The van der Waals surface area contributed by atoms with Crippen LogP contribution >= 0.6 is 10.5 Å². The second kappa shape index (κ2) is 6.88. The minimum Gasteiger partial charge on any atom is -0.710 e. The van der Waals surface area contributed by atoms with Gasteiger partial charge in [-0.05, 0) is 24.1 Å². The number of nitrogens with one attached hydrogen (secondary N) is 1. The number of nitro benzene ring substituents is 1. The standard InChI is InChI=1S/C17H15N3O4S/c1-12-9-14-16(15(10-12)20(23)24)25(11-21)17(19(14)22)18-8-7-13-5-3-2-4-6-13/h2-6,9-10,18H,7-8H2,1H3. The van der Waals surface area contributed by atoms with Crippen LogP contribution in [0.4, 0.5) is 11.4 Å². The normalized spacial score (nSPS) is 15.6. The van der Waals surface area contributed by atoms with Crippen molar-refractivity contribution >= 4 is 32.3 Å². The summed E-state index contributed by atoms with van der Waals surface area (Å²) in [5, 5.41) is 28.7. The molecule has 7 nitrogen and oxygen atoms in total. The molecule has 0 spiro atoms. The highest BCUT2D eigenvalue weighted by atomic mass is 32.2. The maximum absolute atomic E-state index is 12.6. The average molecular weight is 357 g/mol. The number of nitrogens with zero attached hydrogens (tertiary/aromatic N) is 2. The van der Waals surface area contributed by atoms with Gasteiger partial charge in [-0.15, -0.1) is 0 Å². The molecule has 0 aliphatic carbocycles. The third kappa shape index (κ3) is 3.17. The van der Waals surface area contributed by atoms with E-state index in [4.69, 9.17) is 0 Å². The number of carbonyl (C=O) groups excluding carboxylic acids is 1. The van der Waals surface area contributed by atoms with Gasteiger partial charge in [0, 0.05) is 12.5 Å². The van der Waals surface area contributed by atoms with E-state index in [2.05, 4.69) is 5.32 Å². The zero-order chi connectivity index (χ0) is 18.0. The Balaban J connectivity index is 1.91. The van der Waals surface area contributed by atoms with Gasteiger partial charge in [-0.2, -0.15) is 0 Å². The van der Waals surface area contributed by atoms with Gasteiger partial charge in [0.05, 0.1) is 22.0 Å². The van der Waals surface area contributed by atoms with Crippen molar-refractivity contribution < 1.29 is 14.5 Å². The maximum atomic E-state index is 12.6. The van der Waals surface area contributed by atoms with Crippen LogP contribution in [0, 0.1) is 22.2 Å². The smallest absolute Gasteiger partial charge is 0.323 e. The topological polar surface area (TPSA) is 98.3 Å². The summed E-state index contributed by atoms with van der Waals surface area (Å²) in [6.07, 6.45) is 0.658. The van der Waals surface area contributed by atoms with Crippen LogP contribution in [0.15, 0.2) is 47.4 Å². The SMILES string of the molecule is Cc1cc([N+](=O)[O-])c2c(c1)[N+]([O-])=C(NCCc1ccccc1)S2=C=O. The molecule has 1 unspecified atom stereocenters. The van der Waals surface area contributed by atoms with Crippen LogP contribution in [-0.2, 0) is 11.2 Å². The highest BCUT2D eigenvalue weighted by Gasteiger charge is 2.36. The zero-order valence-electron chi connectivity index (χ0n) is 13.4. The van der Waals surface area contributed by atoms with Crippen LogP contribution in [0.1, 0.15) is 11.1 Å². The molecule has 0 fully saturated rings. The molecule has 1 N–H and O–H groups in total. The Labute approximate surface area is 146 Å². The Kier molecular flexibility index (Phi) is 4.65. The van der Waals surface area contributed by atoms with Gasteiger partial charge < -0.3 is 5.21 Å². The van der Waals surface area contributed by atoms with Crippen molar-refractivity contribution in [3.05, 3.63) is 68.9 Å². The Hall–Kier alpha value is -2.96. The molecule has 0 radical (unpaired) electrons. The molecule has 0 saturated carbocycles. The molecule has 2 aromatic carbocycles. The lowest BCUT2D eigenvalue weighted by Crippen LogP contribution is -2.27. The van der Waals surface area contributed by atoms with E-state index >= 15 is 0 Å². The lowest BCUT2D eigenvalue weighted by Gasteiger charge is -2.08. The van der Waals surface area contributed by atoms with Crippen LogP contribution in [0.2, 0.25) is 0 Å². The molecule has 0 saturated heterocycles. The maximum Gasteiger partial charge on any atom is 0.323 e. The van der Waals surface area contributed by atoms with Crippen LogP contribution in [0.5, 0.6) is 0 Å². The van der Waals surface area contributed by atoms with Crippen molar-refractivity contribution in [2.24, 2.45) is 0 Å². The van der Waals surface area contributed by atoms with Gasteiger partial charge in [0.15, 0.2) is 10.9 Å². The monoisotopic (exact) mass is 357 g/mol. The van der Waals surface area contributed by atoms with Crippen molar-refractivity contribution in [2.45, 2.75) is 18.2 Å². The highest BCUT2D eigenvalue weighted by molar-refractivity contribution is 8.27. The molecule has 1 atom stereocenters. The number of benzene rings is 2. The largest absolute Gasteiger partial charge is 0.710 e. The molecule has 1 aliphatic heterocycles. The molecule has 0 bridgehead atoms. The first-order valence-corrected chi connectivity index (χ1v) is 8.78. The molecule has 1 heterocycles. The molecule has 1 aliphatic rings. The number of amidine groups is 1. The summed E-state index contributed by atoms with van der Waals surface area (Å²) < 4.78 is 0.578. The van der Waals surface area contributed by atoms with E-state index in [0.29, 0.717) is 23.3 Å². The number of aryl methyl sites for hydroxylation is 1. The van der Waals surface area contributed by atoms with E-state index in [-0.39, 0.29) is 21.4 Å². The number of nitro groups is 1. The van der Waals surface area contributed by atoms with Gasteiger partial charge in [0.1, 0.15) is 4.90 Å². The second-order valence-electron chi connectivity index (χ2n) is 5.54. The fourth-order valence-corrected chi connectivity index (χ4v) is 4.26. The average Bonchev–Trinajstić information content (AvgIpc) is 2.87. The van der Waals surface area contributed by atoms with Gasteiger partial charge in [-0.25, -0.2) is 9.53 Å². The van der Waals surface area contributed by atoms with Crippen molar-refractivity contribution in [2.75, 3.05) is 6.54 Å². The fraction of sp³-hybridized carbons (Fsp3) is 0.176. The fourth-order valence-electron chi connectivity index (χ4n) is 2.70. The first kappa shape index (κ1) is 16.9. The molecular weight excluding hydrogens is 342 g/mol. The van der Waals surface area contributed by atoms with Crippen LogP contribution in [0.25, 0.3) is 0 Å². The molecule has 128 valence electrons. The van der Waals surface area contributed by atoms with E-state index in [1.807, 2.05) is 30.3 Å². The second-order valence-corrected chi connectivity index (χ2v) is 7.11. The highest BCUT2D eigenvalue weighted by Crippen LogP contribution is 2.47. The van der Waals surface area contributed by atoms with Gasteiger partial charge in [0.2, 0.25) is 0 Å². The van der Waals surface area contributed by atoms with Crippen LogP contribution in [0.3, 0.4) is 0 Å². The predicted molar refractivity (Wildman–Crippen MR) is 95.8 cm³/mol. The molecule has 25 heavy (non-hydrogen) atoms. The molecule has 2 aromatic rings.